The zero-order valence-corrected chi connectivity index (χ0v) is 14.2. The number of phenolic OH excluding ortho intramolecular Hbond substituents is 1. The Kier molecular flexibility index (Phi) is 5.87. The first kappa shape index (κ1) is 17.6. The maximum atomic E-state index is 9.94. The van der Waals surface area contributed by atoms with Gasteiger partial charge >= 0.3 is 0 Å². The average molecular weight is 339 g/mol. The zero-order chi connectivity index (χ0) is 15.5. The van der Waals surface area contributed by atoms with Gasteiger partial charge in [0.25, 0.3) is 0 Å². The number of phenols is 1. The van der Waals surface area contributed by atoms with Crippen LogP contribution in [0.3, 0.4) is 0 Å². The van der Waals surface area contributed by atoms with Crippen molar-refractivity contribution in [2.45, 2.75) is 12.6 Å². The Morgan fingerprint density at radius 2 is 2.26 bits per heavy atom. The summed E-state index contributed by atoms with van der Waals surface area (Å²) in [7, 11) is 3.58. The first-order chi connectivity index (χ1) is 10.7. The molecule has 1 aromatic heterocycles. The first-order valence-electron chi connectivity index (χ1n) is 7.47. The lowest BCUT2D eigenvalue weighted by atomic mass is 10.1. The molecule has 0 radical (unpaired) electrons. The maximum absolute atomic E-state index is 9.94. The number of piperazine rings is 1. The van der Waals surface area contributed by atoms with Crippen LogP contribution in [0.15, 0.2) is 30.6 Å². The number of hydrogen-bond donors (Lipinski definition) is 2. The lowest BCUT2D eigenvalue weighted by Gasteiger charge is -2.35. The lowest BCUT2D eigenvalue weighted by molar-refractivity contribution is 0.144. The molecule has 7 heteroatoms. The standard InChI is InChI=1S/C16H22N4O2.ClH/c1-19-7-6-18-16(19)13-10-17-5-8-20(13)11-12-3-4-15(22-2)14(21)9-12;/h3-4,6-7,9,13,17,21H,5,8,10-11H2,1-2H3;1H. The molecule has 2 N–H and O–H groups in total. The van der Waals surface area contributed by atoms with Crippen molar-refractivity contribution in [3.63, 3.8) is 0 Å². The molecular weight excluding hydrogens is 316 g/mol. The van der Waals surface area contributed by atoms with Crippen molar-refractivity contribution in [3.05, 3.63) is 42.0 Å². The molecule has 1 aliphatic heterocycles. The van der Waals surface area contributed by atoms with Crippen LogP contribution in [0.2, 0.25) is 0 Å². The van der Waals surface area contributed by atoms with Crippen LogP contribution in [0.1, 0.15) is 17.4 Å². The summed E-state index contributed by atoms with van der Waals surface area (Å²) in [5.41, 5.74) is 1.07. The fourth-order valence-corrected chi connectivity index (χ4v) is 2.96. The van der Waals surface area contributed by atoms with Gasteiger partial charge in [-0.15, -0.1) is 12.4 Å². The minimum Gasteiger partial charge on any atom is -0.504 e. The molecule has 2 aromatic rings. The number of ether oxygens (including phenoxy) is 1. The van der Waals surface area contributed by atoms with Gasteiger partial charge in [0.1, 0.15) is 5.82 Å². The van der Waals surface area contributed by atoms with Gasteiger partial charge < -0.3 is 19.7 Å². The number of nitrogens with zero attached hydrogens (tertiary/aromatic N) is 3. The summed E-state index contributed by atoms with van der Waals surface area (Å²) in [5, 5.41) is 13.4. The van der Waals surface area contributed by atoms with E-state index in [1.807, 2.05) is 31.6 Å². The summed E-state index contributed by atoms with van der Waals surface area (Å²) in [6.45, 7) is 3.57. The second-order valence-corrected chi connectivity index (χ2v) is 5.59. The van der Waals surface area contributed by atoms with Crippen LogP contribution >= 0.6 is 12.4 Å². The lowest BCUT2D eigenvalue weighted by Crippen LogP contribution is -2.46. The molecule has 1 atom stereocenters. The van der Waals surface area contributed by atoms with E-state index >= 15 is 0 Å². The van der Waals surface area contributed by atoms with Crippen molar-refractivity contribution < 1.29 is 9.84 Å². The highest BCUT2D eigenvalue weighted by molar-refractivity contribution is 5.85. The third kappa shape index (κ3) is 3.77. The van der Waals surface area contributed by atoms with E-state index in [9.17, 15) is 5.11 Å². The van der Waals surface area contributed by atoms with Gasteiger partial charge in [0.15, 0.2) is 11.5 Å². The fourth-order valence-electron chi connectivity index (χ4n) is 2.96. The number of benzene rings is 1. The molecule has 6 nitrogen and oxygen atoms in total. The normalized spacial score (nSPS) is 18.4. The van der Waals surface area contributed by atoms with Gasteiger partial charge in [-0.1, -0.05) is 6.07 Å². The SMILES string of the molecule is COc1ccc(CN2CCNCC2c2nccn2C)cc1O.Cl. The Morgan fingerprint density at radius 1 is 1.43 bits per heavy atom. The Labute approximate surface area is 142 Å². The molecule has 0 spiro atoms. The molecule has 1 aliphatic rings. The van der Waals surface area contributed by atoms with Crippen molar-refractivity contribution in [1.29, 1.82) is 0 Å². The van der Waals surface area contributed by atoms with E-state index in [-0.39, 0.29) is 24.2 Å². The van der Waals surface area contributed by atoms with Gasteiger partial charge in [-0.25, -0.2) is 4.98 Å². The predicted octanol–water partition coefficient (Wildman–Crippen LogP) is 1.70. The van der Waals surface area contributed by atoms with E-state index in [0.717, 1.165) is 37.6 Å². The van der Waals surface area contributed by atoms with E-state index in [2.05, 4.69) is 19.8 Å². The number of aromatic nitrogens is 2. The van der Waals surface area contributed by atoms with Crippen molar-refractivity contribution in [1.82, 2.24) is 19.8 Å². The number of methoxy groups -OCH3 is 1. The average Bonchev–Trinajstić information content (AvgIpc) is 2.94. The summed E-state index contributed by atoms with van der Waals surface area (Å²) in [4.78, 5) is 6.88. The highest BCUT2D eigenvalue weighted by Gasteiger charge is 2.26. The number of halogens is 1. The van der Waals surface area contributed by atoms with Crippen LogP contribution in [0.5, 0.6) is 11.5 Å². The van der Waals surface area contributed by atoms with E-state index < -0.39 is 0 Å². The number of aryl methyl sites for hydroxylation is 1. The largest absolute Gasteiger partial charge is 0.504 e. The fraction of sp³-hybridized carbons (Fsp3) is 0.438. The molecular formula is C16H23ClN4O2. The third-order valence-corrected chi connectivity index (χ3v) is 4.14. The van der Waals surface area contributed by atoms with E-state index in [4.69, 9.17) is 4.74 Å². The molecule has 0 amide bonds. The van der Waals surface area contributed by atoms with Crippen molar-refractivity contribution >= 4 is 12.4 Å². The molecule has 0 aliphatic carbocycles. The van der Waals surface area contributed by atoms with Gasteiger partial charge in [0.2, 0.25) is 0 Å². The van der Waals surface area contributed by atoms with E-state index in [0.29, 0.717) is 5.75 Å². The summed E-state index contributed by atoms with van der Waals surface area (Å²) < 4.78 is 7.16. The molecule has 1 saturated heterocycles. The Morgan fingerprint density at radius 3 is 2.91 bits per heavy atom. The van der Waals surface area contributed by atoms with Gasteiger partial charge in [0, 0.05) is 45.6 Å². The van der Waals surface area contributed by atoms with Gasteiger partial charge in [-0.05, 0) is 17.7 Å². The maximum Gasteiger partial charge on any atom is 0.160 e. The molecule has 126 valence electrons. The second-order valence-electron chi connectivity index (χ2n) is 5.59. The van der Waals surface area contributed by atoms with Crippen molar-refractivity contribution in [3.8, 4) is 11.5 Å². The molecule has 23 heavy (non-hydrogen) atoms. The summed E-state index contributed by atoms with van der Waals surface area (Å²) in [5.74, 6) is 1.75. The van der Waals surface area contributed by atoms with E-state index in [1.165, 1.54) is 0 Å². The molecule has 0 bridgehead atoms. The number of nitrogens with one attached hydrogen (secondary N) is 1. The topological polar surface area (TPSA) is 62.5 Å². The van der Waals surface area contributed by atoms with Crippen LogP contribution in [-0.2, 0) is 13.6 Å². The van der Waals surface area contributed by atoms with Crippen LogP contribution in [-0.4, -0.2) is 46.3 Å². The molecule has 1 fully saturated rings. The van der Waals surface area contributed by atoms with Crippen molar-refractivity contribution in [2.75, 3.05) is 26.7 Å². The molecule has 1 aromatic carbocycles. The molecule has 0 saturated carbocycles. The smallest absolute Gasteiger partial charge is 0.160 e. The Balaban J connectivity index is 0.00000192. The first-order valence-corrected chi connectivity index (χ1v) is 7.47. The minimum atomic E-state index is 0. The summed E-state index contributed by atoms with van der Waals surface area (Å²) in [6.07, 6.45) is 3.81. The third-order valence-electron chi connectivity index (χ3n) is 4.14. The number of hydrogen-bond acceptors (Lipinski definition) is 5. The van der Waals surface area contributed by atoms with Crippen LogP contribution in [0, 0.1) is 0 Å². The Hall–Kier alpha value is -1.76. The number of aromatic hydroxyl groups is 1. The minimum absolute atomic E-state index is 0. The van der Waals surface area contributed by atoms with Crippen LogP contribution in [0.4, 0.5) is 0 Å². The predicted molar refractivity (Wildman–Crippen MR) is 91.1 cm³/mol. The number of rotatable bonds is 4. The molecule has 1 unspecified atom stereocenters. The summed E-state index contributed by atoms with van der Waals surface area (Å²) in [6, 6.07) is 5.81. The molecule has 2 heterocycles. The quantitative estimate of drug-likeness (QED) is 0.888. The van der Waals surface area contributed by atoms with E-state index in [1.54, 1.807) is 13.2 Å². The van der Waals surface area contributed by atoms with Crippen LogP contribution in [0.25, 0.3) is 0 Å². The zero-order valence-electron chi connectivity index (χ0n) is 13.4. The van der Waals surface area contributed by atoms with Gasteiger partial charge in [-0.3, -0.25) is 4.90 Å². The second kappa shape index (κ2) is 7.68. The molecule has 3 rings (SSSR count). The highest BCUT2D eigenvalue weighted by Crippen LogP contribution is 2.28. The summed E-state index contributed by atoms with van der Waals surface area (Å²) >= 11 is 0. The monoisotopic (exact) mass is 338 g/mol. The Bertz CT molecular complexity index is 647. The van der Waals surface area contributed by atoms with Gasteiger partial charge in [-0.2, -0.15) is 0 Å². The van der Waals surface area contributed by atoms with Crippen LogP contribution < -0.4 is 10.1 Å². The highest BCUT2D eigenvalue weighted by atomic mass is 35.5. The van der Waals surface area contributed by atoms with Crippen molar-refractivity contribution in [2.24, 2.45) is 7.05 Å². The number of imidazole rings is 1. The van der Waals surface area contributed by atoms with Gasteiger partial charge in [0.05, 0.1) is 13.2 Å².